The van der Waals surface area contributed by atoms with Crippen molar-refractivity contribution in [1.29, 1.82) is 5.26 Å². The number of aliphatic hydroxyl groups excluding tert-OH is 1. The van der Waals surface area contributed by atoms with Crippen molar-refractivity contribution in [2.75, 3.05) is 33.0 Å². The molecule has 1 aliphatic heterocycles. The molecule has 1 rings (SSSR count). The Balaban J connectivity index is 2.42. The highest BCUT2D eigenvalue weighted by Crippen LogP contribution is 2.16. The van der Waals surface area contributed by atoms with Gasteiger partial charge in [0.1, 0.15) is 5.92 Å². The fourth-order valence-corrected chi connectivity index (χ4v) is 1.47. The average Bonchev–Trinajstić information content (AvgIpc) is 2.29. The molecule has 0 saturated carbocycles. The van der Waals surface area contributed by atoms with Crippen LogP contribution in [0.5, 0.6) is 0 Å². The van der Waals surface area contributed by atoms with Crippen LogP contribution in [-0.4, -0.2) is 50.3 Å². The molecule has 1 N–H and O–H groups in total. The molecule has 0 aromatic rings. The van der Waals surface area contributed by atoms with E-state index in [4.69, 9.17) is 19.5 Å². The van der Waals surface area contributed by atoms with Gasteiger partial charge in [0.25, 0.3) is 0 Å². The van der Waals surface area contributed by atoms with Crippen LogP contribution in [-0.2, 0) is 14.2 Å². The molecule has 1 heterocycles. The fourth-order valence-electron chi connectivity index (χ4n) is 1.47. The van der Waals surface area contributed by atoms with E-state index in [0.717, 1.165) is 0 Å². The van der Waals surface area contributed by atoms with E-state index < -0.39 is 12.0 Å². The topological polar surface area (TPSA) is 71.7 Å². The van der Waals surface area contributed by atoms with Crippen molar-refractivity contribution in [1.82, 2.24) is 0 Å². The number of ether oxygens (including phenoxy) is 3. The summed E-state index contributed by atoms with van der Waals surface area (Å²) in [5.41, 5.74) is 0. The van der Waals surface area contributed by atoms with Gasteiger partial charge in [-0.1, -0.05) is 0 Å². The smallest absolute Gasteiger partial charge is 0.103 e. The van der Waals surface area contributed by atoms with Crippen LogP contribution in [0.1, 0.15) is 6.92 Å². The van der Waals surface area contributed by atoms with Gasteiger partial charge >= 0.3 is 0 Å². The van der Waals surface area contributed by atoms with Crippen molar-refractivity contribution in [2.24, 2.45) is 5.92 Å². The van der Waals surface area contributed by atoms with E-state index >= 15 is 0 Å². The van der Waals surface area contributed by atoms with Gasteiger partial charge in [-0.3, -0.25) is 0 Å². The van der Waals surface area contributed by atoms with Crippen LogP contribution in [0.15, 0.2) is 0 Å². The van der Waals surface area contributed by atoms with Crippen molar-refractivity contribution < 1.29 is 19.3 Å². The van der Waals surface area contributed by atoms with E-state index in [1.807, 2.05) is 13.0 Å². The lowest BCUT2D eigenvalue weighted by atomic mass is 9.98. The van der Waals surface area contributed by atoms with Gasteiger partial charge in [-0.2, -0.15) is 5.26 Å². The monoisotopic (exact) mass is 215 g/mol. The first-order valence-electron chi connectivity index (χ1n) is 5.14. The van der Waals surface area contributed by atoms with E-state index in [9.17, 15) is 5.11 Å². The van der Waals surface area contributed by atoms with Crippen molar-refractivity contribution >= 4 is 0 Å². The third-order valence-corrected chi connectivity index (χ3v) is 2.30. The van der Waals surface area contributed by atoms with Gasteiger partial charge in [-0.05, 0) is 6.92 Å². The normalized spacial score (nSPS) is 25.5. The van der Waals surface area contributed by atoms with Crippen LogP contribution in [0.4, 0.5) is 0 Å². The Morgan fingerprint density at radius 3 is 2.93 bits per heavy atom. The van der Waals surface area contributed by atoms with Gasteiger partial charge in [-0.25, -0.2) is 0 Å². The highest BCUT2D eigenvalue weighted by Gasteiger charge is 2.31. The summed E-state index contributed by atoms with van der Waals surface area (Å²) in [5, 5.41) is 18.7. The number of hydrogen-bond donors (Lipinski definition) is 1. The lowest BCUT2D eigenvalue weighted by Crippen LogP contribution is -2.41. The minimum atomic E-state index is -0.818. The van der Waals surface area contributed by atoms with Crippen molar-refractivity contribution in [2.45, 2.75) is 19.1 Å². The summed E-state index contributed by atoms with van der Waals surface area (Å²) in [6.45, 7) is 3.92. The van der Waals surface area contributed by atoms with Crippen molar-refractivity contribution in [3.8, 4) is 6.07 Å². The Morgan fingerprint density at radius 1 is 1.60 bits per heavy atom. The lowest BCUT2D eigenvalue weighted by molar-refractivity contribution is -0.124. The van der Waals surface area contributed by atoms with Crippen LogP contribution in [0.3, 0.4) is 0 Å². The maximum Gasteiger partial charge on any atom is 0.103 e. The summed E-state index contributed by atoms with van der Waals surface area (Å²) >= 11 is 0. The van der Waals surface area contributed by atoms with Crippen molar-refractivity contribution in [3.05, 3.63) is 0 Å². The highest BCUT2D eigenvalue weighted by molar-refractivity contribution is 4.94. The molecule has 5 heteroatoms. The minimum Gasteiger partial charge on any atom is -0.389 e. The predicted molar refractivity (Wildman–Crippen MR) is 52.2 cm³/mol. The molecule has 0 spiro atoms. The van der Waals surface area contributed by atoms with Gasteiger partial charge in [0.05, 0.1) is 44.7 Å². The van der Waals surface area contributed by atoms with E-state index in [-0.39, 0.29) is 12.7 Å². The molecule has 1 aliphatic rings. The summed E-state index contributed by atoms with van der Waals surface area (Å²) < 4.78 is 15.6. The molecule has 0 aromatic heterocycles. The van der Waals surface area contributed by atoms with E-state index in [0.29, 0.717) is 26.4 Å². The number of nitrogens with zero attached hydrogens (tertiary/aromatic N) is 1. The number of aliphatic hydroxyl groups is 1. The maximum atomic E-state index is 9.71. The molecule has 0 amide bonds. The van der Waals surface area contributed by atoms with Crippen molar-refractivity contribution in [3.63, 3.8) is 0 Å². The Morgan fingerprint density at radius 2 is 2.40 bits per heavy atom. The van der Waals surface area contributed by atoms with Crippen LogP contribution in [0.25, 0.3) is 0 Å². The van der Waals surface area contributed by atoms with Gasteiger partial charge < -0.3 is 19.3 Å². The molecule has 3 unspecified atom stereocenters. The highest BCUT2D eigenvalue weighted by atomic mass is 16.6. The summed E-state index contributed by atoms with van der Waals surface area (Å²) in [4.78, 5) is 0. The number of nitriles is 1. The summed E-state index contributed by atoms with van der Waals surface area (Å²) in [6.07, 6.45) is -1.17. The molecule has 3 atom stereocenters. The Kier molecular flexibility index (Phi) is 5.58. The van der Waals surface area contributed by atoms with Gasteiger partial charge in [0.2, 0.25) is 0 Å². The first kappa shape index (κ1) is 12.4. The van der Waals surface area contributed by atoms with E-state index in [1.54, 1.807) is 0 Å². The molecule has 0 radical (unpaired) electrons. The van der Waals surface area contributed by atoms with Crippen LogP contribution >= 0.6 is 0 Å². The molecule has 86 valence electrons. The summed E-state index contributed by atoms with van der Waals surface area (Å²) in [5.74, 6) is -0.586. The molecular weight excluding hydrogens is 198 g/mol. The minimum absolute atomic E-state index is 0.161. The Labute approximate surface area is 89.5 Å². The van der Waals surface area contributed by atoms with Gasteiger partial charge in [0.15, 0.2) is 0 Å². The molecule has 15 heavy (non-hydrogen) atoms. The molecule has 1 saturated heterocycles. The number of hydrogen-bond acceptors (Lipinski definition) is 5. The lowest BCUT2D eigenvalue weighted by Gasteiger charge is -2.29. The third-order valence-electron chi connectivity index (χ3n) is 2.30. The average molecular weight is 215 g/mol. The molecule has 0 bridgehead atoms. The second kappa shape index (κ2) is 6.75. The molecule has 0 aromatic carbocycles. The molecule has 5 nitrogen and oxygen atoms in total. The van der Waals surface area contributed by atoms with Gasteiger partial charge in [0, 0.05) is 6.61 Å². The predicted octanol–water partition coefficient (Wildman–Crippen LogP) is -0.0610. The second-order valence-corrected chi connectivity index (χ2v) is 3.37. The Bertz CT molecular complexity index is 210. The third kappa shape index (κ3) is 3.76. The first-order chi connectivity index (χ1) is 7.29. The largest absolute Gasteiger partial charge is 0.389 e. The van der Waals surface area contributed by atoms with E-state index in [1.165, 1.54) is 0 Å². The standard InChI is InChI=1S/C10H17NO4/c1-2-13-6-9(12)8(5-11)10-7-14-3-4-15-10/h8-10,12H,2-4,6-7H2,1H3. The zero-order valence-corrected chi connectivity index (χ0v) is 8.89. The van der Waals surface area contributed by atoms with Gasteiger partial charge in [-0.15, -0.1) is 0 Å². The fraction of sp³-hybridized carbons (Fsp3) is 0.900. The van der Waals surface area contributed by atoms with E-state index in [2.05, 4.69) is 0 Å². The Hall–Kier alpha value is -0.670. The van der Waals surface area contributed by atoms with Crippen LogP contribution in [0, 0.1) is 17.2 Å². The summed E-state index contributed by atoms with van der Waals surface area (Å²) in [7, 11) is 0. The summed E-state index contributed by atoms with van der Waals surface area (Å²) in [6, 6.07) is 2.05. The molecule has 0 aliphatic carbocycles. The van der Waals surface area contributed by atoms with Crippen LogP contribution in [0.2, 0.25) is 0 Å². The SMILES string of the molecule is CCOCC(O)C(C#N)C1COCCO1. The zero-order chi connectivity index (χ0) is 11.1. The quantitative estimate of drug-likeness (QED) is 0.695. The number of rotatable bonds is 5. The second-order valence-electron chi connectivity index (χ2n) is 3.37. The van der Waals surface area contributed by atoms with Crippen LogP contribution < -0.4 is 0 Å². The molecular formula is C10H17NO4. The maximum absolute atomic E-state index is 9.71. The first-order valence-corrected chi connectivity index (χ1v) is 5.14. The molecule has 1 fully saturated rings. The zero-order valence-electron chi connectivity index (χ0n) is 8.89.